The van der Waals surface area contributed by atoms with Crippen molar-refractivity contribution in [2.24, 2.45) is 5.92 Å². The van der Waals surface area contributed by atoms with E-state index in [-0.39, 0.29) is 36.1 Å². The van der Waals surface area contributed by atoms with E-state index in [0.29, 0.717) is 31.5 Å². The van der Waals surface area contributed by atoms with Crippen LogP contribution in [-0.2, 0) is 27.4 Å². The molecule has 1 heterocycles. The zero-order valence-corrected chi connectivity index (χ0v) is 19.7. The minimum Gasteiger partial charge on any atom is -0.372 e. The molecular weight excluding hydrogens is 486 g/mol. The van der Waals surface area contributed by atoms with Gasteiger partial charge in [-0.1, -0.05) is 30.3 Å². The molecule has 4 rings (SSSR count). The molecule has 1 aliphatic carbocycles. The summed E-state index contributed by atoms with van der Waals surface area (Å²) in [5.41, 5.74) is -2.75. The maximum Gasteiger partial charge on any atom is 0.416 e. The van der Waals surface area contributed by atoms with Gasteiger partial charge in [-0.2, -0.15) is 26.3 Å². The van der Waals surface area contributed by atoms with E-state index < -0.39 is 35.1 Å². The molecule has 2 aromatic carbocycles. The zero-order valence-electron chi connectivity index (χ0n) is 19.7. The molecule has 1 saturated heterocycles. The molecule has 0 bridgehead atoms. The highest BCUT2D eigenvalue weighted by Crippen LogP contribution is 2.39. The van der Waals surface area contributed by atoms with E-state index >= 15 is 0 Å². The van der Waals surface area contributed by atoms with Gasteiger partial charge in [0.05, 0.1) is 29.4 Å². The van der Waals surface area contributed by atoms with Crippen LogP contribution in [0.5, 0.6) is 0 Å². The number of benzene rings is 2. The standard InChI is InChI=1S/C26H28F6N2O2/c1-16(18-11-20(25(27,28)29)13-21(12-18)26(30,31)32)36-15-24(19-5-3-2-4-6-19)10-9-22(14-33-24)34-23(35)17-7-8-17/h2-6,11-13,16-17,22,33H,7-10,14-15H2,1H3,(H,34,35)/t16-,22+,24-/m1/s1. The van der Waals surface area contributed by atoms with Crippen molar-refractivity contribution in [1.82, 2.24) is 10.6 Å². The van der Waals surface area contributed by atoms with E-state index in [1.54, 1.807) is 0 Å². The fourth-order valence-corrected chi connectivity index (χ4v) is 4.50. The molecule has 1 aliphatic heterocycles. The third-order valence-electron chi connectivity index (χ3n) is 6.89. The van der Waals surface area contributed by atoms with Gasteiger partial charge in [-0.15, -0.1) is 0 Å². The van der Waals surface area contributed by atoms with E-state index in [1.165, 1.54) is 6.92 Å². The molecule has 1 amide bonds. The molecule has 36 heavy (non-hydrogen) atoms. The molecule has 4 nitrogen and oxygen atoms in total. The van der Waals surface area contributed by atoms with Gasteiger partial charge in [0.15, 0.2) is 0 Å². The highest BCUT2D eigenvalue weighted by Gasteiger charge is 2.40. The zero-order chi connectivity index (χ0) is 26.1. The number of rotatable bonds is 7. The Morgan fingerprint density at radius 1 is 1.03 bits per heavy atom. The van der Waals surface area contributed by atoms with Crippen LogP contribution in [0.15, 0.2) is 48.5 Å². The summed E-state index contributed by atoms with van der Waals surface area (Å²) in [5, 5.41) is 6.49. The van der Waals surface area contributed by atoms with Gasteiger partial charge in [-0.25, -0.2) is 0 Å². The SMILES string of the molecule is C[C@@H](OC[C@@]1(c2ccccc2)CC[C@H](NC(=O)C2CC2)CN1)c1cc(C(F)(F)F)cc(C(F)(F)F)c1. The summed E-state index contributed by atoms with van der Waals surface area (Å²) in [6.07, 6.45) is -7.86. The number of alkyl halides is 6. The number of hydrogen-bond donors (Lipinski definition) is 2. The Labute approximate surface area is 205 Å². The summed E-state index contributed by atoms with van der Waals surface area (Å²) < 4.78 is 85.7. The molecule has 2 aliphatic rings. The lowest BCUT2D eigenvalue weighted by molar-refractivity contribution is -0.143. The van der Waals surface area contributed by atoms with Crippen LogP contribution in [0.25, 0.3) is 0 Å². The summed E-state index contributed by atoms with van der Waals surface area (Å²) in [4.78, 5) is 12.1. The van der Waals surface area contributed by atoms with Crippen molar-refractivity contribution in [3.63, 3.8) is 0 Å². The first-order valence-electron chi connectivity index (χ1n) is 11.9. The number of carbonyl (C=O) groups is 1. The van der Waals surface area contributed by atoms with Crippen molar-refractivity contribution in [3.05, 3.63) is 70.8 Å². The van der Waals surface area contributed by atoms with Crippen molar-refractivity contribution >= 4 is 5.91 Å². The number of hydrogen-bond acceptors (Lipinski definition) is 3. The fraction of sp³-hybridized carbons (Fsp3) is 0.500. The Hall–Kier alpha value is -2.59. The Bertz CT molecular complexity index is 1030. The molecule has 10 heteroatoms. The highest BCUT2D eigenvalue weighted by molar-refractivity contribution is 5.81. The average molecular weight is 515 g/mol. The van der Waals surface area contributed by atoms with Crippen LogP contribution >= 0.6 is 0 Å². The van der Waals surface area contributed by atoms with Crippen LogP contribution < -0.4 is 10.6 Å². The first-order valence-corrected chi connectivity index (χ1v) is 11.9. The first kappa shape index (κ1) is 26.5. The molecule has 0 spiro atoms. The number of amides is 1. The van der Waals surface area contributed by atoms with Crippen molar-refractivity contribution in [1.29, 1.82) is 0 Å². The van der Waals surface area contributed by atoms with Crippen LogP contribution in [0, 0.1) is 5.92 Å². The molecule has 2 N–H and O–H groups in total. The maximum atomic E-state index is 13.3. The van der Waals surface area contributed by atoms with Gasteiger partial charge >= 0.3 is 12.4 Å². The Morgan fingerprint density at radius 2 is 1.64 bits per heavy atom. The maximum absolute atomic E-state index is 13.3. The van der Waals surface area contributed by atoms with Crippen molar-refractivity contribution in [2.45, 2.75) is 62.6 Å². The molecular formula is C26H28F6N2O2. The second kappa shape index (κ2) is 10.0. The molecule has 0 radical (unpaired) electrons. The van der Waals surface area contributed by atoms with Gasteiger partial charge < -0.3 is 15.4 Å². The fourth-order valence-electron chi connectivity index (χ4n) is 4.50. The van der Waals surface area contributed by atoms with Crippen LogP contribution in [0.1, 0.15) is 61.0 Å². The molecule has 0 aromatic heterocycles. The number of ether oxygens (including phenoxy) is 1. The predicted octanol–water partition coefficient (Wildman–Crippen LogP) is 5.98. The largest absolute Gasteiger partial charge is 0.416 e. The number of carbonyl (C=O) groups excluding carboxylic acids is 1. The summed E-state index contributed by atoms with van der Waals surface area (Å²) in [6.45, 7) is 1.93. The van der Waals surface area contributed by atoms with Crippen molar-refractivity contribution < 1.29 is 35.9 Å². The monoisotopic (exact) mass is 514 g/mol. The lowest BCUT2D eigenvalue weighted by atomic mass is 9.81. The van der Waals surface area contributed by atoms with E-state index in [4.69, 9.17) is 4.74 Å². The summed E-state index contributed by atoms with van der Waals surface area (Å²) in [7, 11) is 0. The van der Waals surface area contributed by atoms with E-state index in [0.717, 1.165) is 18.4 Å². The summed E-state index contributed by atoms with van der Waals surface area (Å²) >= 11 is 0. The minimum atomic E-state index is -4.92. The lowest BCUT2D eigenvalue weighted by Gasteiger charge is -2.42. The topological polar surface area (TPSA) is 50.4 Å². The van der Waals surface area contributed by atoms with Gasteiger partial charge in [-0.05, 0) is 61.9 Å². The van der Waals surface area contributed by atoms with Crippen molar-refractivity contribution in [3.8, 4) is 0 Å². The van der Waals surface area contributed by atoms with E-state index in [9.17, 15) is 31.1 Å². The lowest BCUT2D eigenvalue weighted by Crippen LogP contribution is -2.57. The van der Waals surface area contributed by atoms with Gasteiger partial charge in [0.2, 0.25) is 5.91 Å². The predicted molar refractivity (Wildman–Crippen MR) is 121 cm³/mol. The Kier molecular flexibility index (Phi) is 7.39. The summed E-state index contributed by atoms with van der Waals surface area (Å²) in [6, 6.07) is 10.8. The molecule has 0 unspecified atom stereocenters. The van der Waals surface area contributed by atoms with Gasteiger partial charge in [0, 0.05) is 18.5 Å². The molecule has 1 saturated carbocycles. The third kappa shape index (κ3) is 6.21. The Morgan fingerprint density at radius 3 is 2.14 bits per heavy atom. The first-order chi connectivity index (χ1) is 16.9. The van der Waals surface area contributed by atoms with Crippen LogP contribution in [0.2, 0.25) is 0 Å². The Balaban J connectivity index is 1.52. The normalized spacial score (nSPS) is 23.8. The van der Waals surface area contributed by atoms with Crippen LogP contribution in [-0.4, -0.2) is 25.1 Å². The van der Waals surface area contributed by atoms with Gasteiger partial charge in [0.25, 0.3) is 0 Å². The van der Waals surface area contributed by atoms with Crippen molar-refractivity contribution in [2.75, 3.05) is 13.2 Å². The number of halogens is 6. The number of piperidine rings is 1. The molecule has 2 aromatic rings. The molecule has 3 atom stereocenters. The van der Waals surface area contributed by atoms with Crippen LogP contribution in [0.3, 0.4) is 0 Å². The highest BCUT2D eigenvalue weighted by atomic mass is 19.4. The van der Waals surface area contributed by atoms with E-state index in [2.05, 4.69) is 10.6 Å². The second-order valence-electron chi connectivity index (χ2n) is 9.64. The summed E-state index contributed by atoms with van der Waals surface area (Å²) in [5.74, 6) is 0.132. The molecule has 2 fully saturated rings. The quantitative estimate of drug-likeness (QED) is 0.448. The van der Waals surface area contributed by atoms with Crippen LogP contribution in [0.4, 0.5) is 26.3 Å². The second-order valence-corrected chi connectivity index (χ2v) is 9.64. The van der Waals surface area contributed by atoms with Gasteiger partial charge in [0.1, 0.15) is 0 Å². The minimum absolute atomic E-state index is 0.0269. The number of nitrogens with one attached hydrogen (secondary N) is 2. The van der Waals surface area contributed by atoms with E-state index in [1.807, 2.05) is 30.3 Å². The van der Waals surface area contributed by atoms with Gasteiger partial charge in [-0.3, -0.25) is 4.79 Å². The molecule has 196 valence electrons. The smallest absolute Gasteiger partial charge is 0.372 e. The third-order valence-corrected chi connectivity index (χ3v) is 6.89. The average Bonchev–Trinajstić information content (AvgIpc) is 3.68.